The first-order valence-electron chi connectivity index (χ1n) is 7.23. The second-order valence-electron chi connectivity index (χ2n) is 5.77. The number of carbonyl (C=O) groups is 2. The lowest BCUT2D eigenvalue weighted by Crippen LogP contribution is -2.46. The fourth-order valence-corrected chi connectivity index (χ4v) is 4.34. The van der Waals surface area contributed by atoms with Crippen molar-refractivity contribution in [1.29, 1.82) is 0 Å². The average molecular weight is 317 g/mol. The number of amides is 3. The zero-order valence-electron chi connectivity index (χ0n) is 12.1. The van der Waals surface area contributed by atoms with Gasteiger partial charge in [-0.1, -0.05) is 5.16 Å². The van der Waals surface area contributed by atoms with E-state index in [1.54, 1.807) is 24.3 Å². The van der Waals surface area contributed by atoms with E-state index in [0.29, 0.717) is 17.9 Å². The van der Waals surface area contributed by atoms with E-state index in [0.717, 1.165) is 18.4 Å². The lowest BCUT2D eigenvalue weighted by Gasteiger charge is -2.31. The van der Waals surface area contributed by atoms with Gasteiger partial charge in [0.1, 0.15) is 17.0 Å². The fraction of sp³-hybridized carbons (Fsp3) is 0.400. The van der Waals surface area contributed by atoms with Crippen molar-refractivity contribution in [2.24, 2.45) is 0 Å². The zero-order chi connectivity index (χ0) is 15.3. The number of carbonyl (C=O) groups excluding carboxylic acids is 2. The van der Waals surface area contributed by atoms with Crippen LogP contribution in [0, 0.1) is 6.92 Å². The molecule has 0 radical (unpaired) electrons. The van der Waals surface area contributed by atoms with Crippen molar-refractivity contribution in [3.63, 3.8) is 0 Å². The lowest BCUT2D eigenvalue weighted by molar-refractivity contribution is -0.132. The van der Waals surface area contributed by atoms with Crippen molar-refractivity contribution in [3.05, 3.63) is 39.4 Å². The van der Waals surface area contributed by atoms with Crippen LogP contribution in [-0.2, 0) is 23.3 Å². The smallest absolute Gasteiger partial charge is 0.325 e. The van der Waals surface area contributed by atoms with Gasteiger partial charge < -0.3 is 9.84 Å². The van der Waals surface area contributed by atoms with Crippen LogP contribution < -0.4 is 5.32 Å². The standard InChI is InChI=1S/C15H15N3O3S/c1-9-7-10(17-21-9)8-18-13(19)15(16-14(18)20)5-2-3-12-11(15)4-6-22-12/h4,6-7H,2-3,5,8H2,1H3,(H,16,20)/t15-/m0/s1. The number of fused-ring (bicyclic) bond motifs is 2. The van der Waals surface area contributed by atoms with Crippen LogP contribution in [0.1, 0.15) is 34.7 Å². The van der Waals surface area contributed by atoms with Crippen LogP contribution >= 0.6 is 11.3 Å². The molecule has 3 amide bonds. The van der Waals surface area contributed by atoms with Gasteiger partial charge in [0.25, 0.3) is 5.91 Å². The Labute approximate surface area is 131 Å². The van der Waals surface area contributed by atoms with Crippen LogP contribution in [-0.4, -0.2) is 22.0 Å². The Hall–Kier alpha value is -2.15. The minimum absolute atomic E-state index is 0.142. The van der Waals surface area contributed by atoms with Crippen molar-refractivity contribution < 1.29 is 14.1 Å². The van der Waals surface area contributed by atoms with Crippen LogP contribution in [0.15, 0.2) is 22.0 Å². The first-order chi connectivity index (χ1) is 10.6. The first-order valence-corrected chi connectivity index (χ1v) is 8.11. The number of nitrogens with one attached hydrogen (secondary N) is 1. The van der Waals surface area contributed by atoms with Crippen LogP contribution in [0.3, 0.4) is 0 Å². The number of nitrogens with zero attached hydrogens (tertiary/aromatic N) is 2. The van der Waals surface area contributed by atoms with Gasteiger partial charge in [0.15, 0.2) is 0 Å². The number of thiophene rings is 1. The summed E-state index contributed by atoms with van der Waals surface area (Å²) in [5.74, 6) is 0.479. The Kier molecular flexibility index (Phi) is 2.87. The summed E-state index contributed by atoms with van der Waals surface area (Å²) in [6, 6.07) is 3.34. The summed E-state index contributed by atoms with van der Waals surface area (Å²) in [4.78, 5) is 27.7. The van der Waals surface area contributed by atoms with Crippen LogP contribution in [0.25, 0.3) is 0 Å². The zero-order valence-corrected chi connectivity index (χ0v) is 12.9. The molecule has 4 rings (SSSR count). The molecule has 114 valence electrons. The Morgan fingerprint density at radius 3 is 3.14 bits per heavy atom. The number of aromatic nitrogens is 1. The first kappa shape index (κ1) is 13.5. The number of hydrogen-bond donors (Lipinski definition) is 1. The summed E-state index contributed by atoms with van der Waals surface area (Å²) in [6.07, 6.45) is 2.52. The quantitative estimate of drug-likeness (QED) is 0.863. The highest BCUT2D eigenvalue weighted by atomic mass is 32.1. The monoisotopic (exact) mass is 317 g/mol. The third kappa shape index (κ3) is 1.81. The highest BCUT2D eigenvalue weighted by Gasteiger charge is 2.54. The van der Waals surface area contributed by atoms with Gasteiger partial charge >= 0.3 is 6.03 Å². The minimum Gasteiger partial charge on any atom is -0.361 e. The fourth-order valence-electron chi connectivity index (χ4n) is 3.34. The van der Waals surface area contributed by atoms with Gasteiger partial charge in [0.2, 0.25) is 0 Å². The normalized spacial score (nSPS) is 24.0. The molecule has 1 aliphatic carbocycles. The summed E-state index contributed by atoms with van der Waals surface area (Å²) in [6.45, 7) is 1.92. The Balaban J connectivity index is 1.68. The van der Waals surface area contributed by atoms with Gasteiger partial charge in [-0.15, -0.1) is 11.3 Å². The van der Waals surface area contributed by atoms with Crippen molar-refractivity contribution in [3.8, 4) is 0 Å². The highest BCUT2D eigenvalue weighted by Crippen LogP contribution is 2.42. The van der Waals surface area contributed by atoms with Gasteiger partial charge in [-0.3, -0.25) is 9.69 Å². The van der Waals surface area contributed by atoms with Gasteiger partial charge in [0.05, 0.1) is 6.54 Å². The molecule has 3 heterocycles. The molecule has 1 saturated heterocycles. The van der Waals surface area contributed by atoms with Crippen molar-refractivity contribution in [1.82, 2.24) is 15.4 Å². The third-order valence-corrected chi connectivity index (χ3v) is 5.31. The third-order valence-electron chi connectivity index (χ3n) is 4.33. The Morgan fingerprint density at radius 1 is 1.50 bits per heavy atom. The molecular weight excluding hydrogens is 302 g/mol. The molecule has 7 heteroatoms. The molecule has 2 aromatic rings. The van der Waals surface area contributed by atoms with E-state index in [2.05, 4.69) is 10.5 Å². The molecule has 1 spiro atoms. The molecule has 0 bridgehead atoms. The number of imide groups is 1. The molecule has 0 saturated carbocycles. The van der Waals surface area contributed by atoms with Gasteiger partial charge in [-0.25, -0.2) is 4.79 Å². The Bertz CT molecular complexity index is 766. The average Bonchev–Trinajstić information content (AvgIpc) is 3.17. The molecule has 0 aromatic carbocycles. The van der Waals surface area contributed by atoms with Gasteiger partial charge in [0, 0.05) is 16.5 Å². The van der Waals surface area contributed by atoms with E-state index >= 15 is 0 Å². The summed E-state index contributed by atoms with van der Waals surface area (Å²) in [7, 11) is 0. The lowest BCUT2D eigenvalue weighted by atomic mass is 9.80. The van der Waals surface area contributed by atoms with E-state index in [4.69, 9.17) is 4.52 Å². The summed E-state index contributed by atoms with van der Waals surface area (Å²) < 4.78 is 5.01. The van der Waals surface area contributed by atoms with Crippen molar-refractivity contribution >= 4 is 23.3 Å². The summed E-state index contributed by atoms with van der Waals surface area (Å²) in [5.41, 5.74) is 0.657. The second-order valence-corrected chi connectivity index (χ2v) is 6.77. The van der Waals surface area contributed by atoms with Crippen molar-refractivity contribution in [2.75, 3.05) is 0 Å². The maximum atomic E-state index is 13.0. The summed E-state index contributed by atoms with van der Waals surface area (Å²) in [5, 5.41) is 8.78. The molecule has 0 unspecified atom stereocenters. The maximum Gasteiger partial charge on any atom is 0.325 e. The minimum atomic E-state index is -0.885. The number of urea groups is 1. The molecule has 1 atom stereocenters. The predicted octanol–water partition coefficient (Wildman–Crippen LogP) is 2.33. The van der Waals surface area contributed by atoms with E-state index in [1.165, 1.54) is 9.78 Å². The molecular formula is C15H15N3O3S. The van der Waals surface area contributed by atoms with E-state index in [9.17, 15) is 9.59 Å². The number of hydrogen-bond acceptors (Lipinski definition) is 5. The highest BCUT2D eigenvalue weighted by molar-refractivity contribution is 7.10. The molecule has 2 aliphatic rings. The van der Waals surface area contributed by atoms with Gasteiger partial charge in [-0.05, 0) is 37.6 Å². The van der Waals surface area contributed by atoms with Crippen LogP contribution in [0.2, 0.25) is 0 Å². The van der Waals surface area contributed by atoms with Crippen LogP contribution in [0.5, 0.6) is 0 Å². The molecule has 2 aromatic heterocycles. The summed E-state index contributed by atoms with van der Waals surface area (Å²) >= 11 is 1.65. The molecule has 1 N–H and O–H groups in total. The molecule has 6 nitrogen and oxygen atoms in total. The number of rotatable bonds is 2. The molecule has 1 fully saturated rings. The maximum absolute atomic E-state index is 13.0. The number of aryl methyl sites for hydroxylation is 2. The van der Waals surface area contributed by atoms with Crippen molar-refractivity contribution in [2.45, 2.75) is 38.3 Å². The SMILES string of the molecule is Cc1cc(CN2C(=O)N[C@]3(CCCc4sccc43)C2=O)no1. The van der Waals surface area contributed by atoms with E-state index in [1.807, 2.05) is 11.4 Å². The molecule has 1 aliphatic heterocycles. The van der Waals surface area contributed by atoms with E-state index in [-0.39, 0.29) is 18.5 Å². The largest absolute Gasteiger partial charge is 0.361 e. The van der Waals surface area contributed by atoms with E-state index < -0.39 is 5.54 Å². The predicted molar refractivity (Wildman–Crippen MR) is 79.3 cm³/mol. The molecule has 22 heavy (non-hydrogen) atoms. The van der Waals surface area contributed by atoms with Gasteiger partial charge in [-0.2, -0.15) is 0 Å². The Morgan fingerprint density at radius 2 is 2.36 bits per heavy atom. The topological polar surface area (TPSA) is 75.4 Å². The second kappa shape index (κ2) is 4.67. The van der Waals surface area contributed by atoms with Crippen LogP contribution in [0.4, 0.5) is 4.79 Å².